The molecule has 0 heterocycles. The van der Waals surface area contributed by atoms with E-state index in [1.54, 1.807) is 14.0 Å². The van der Waals surface area contributed by atoms with Crippen LogP contribution in [0.5, 0.6) is 0 Å². The molecule has 0 saturated heterocycles. The van der Waals surface area contributed by atoms with Gasteiger partial charge in [0.25, 0.3) is 0 Å². The fraction of sp³-hybridized carbons (Fsp3) is 0.867. The van der Waals surface area contributed by atoms with E-state index >= 15 is 0 Å². The predicted octanol–water partition coefficient (Wildman–Crippen LogP) is 2.04. The first-order valence-corrected chi connectivity index (χ1v) is 7.28. The third-order valence-electron chi connectivity index (χ3n) is 3.58. The topological polar surface area (TPSA) is 64.6 Å². The zero-order valence-electron chi connectivity index (χ0n) is 13.2. The van der Waals surface area contributed by atoms with Crippen molar-refractivity contribution in [2.45, 2.75) is 71.6 Å². The Bertz CT molecular complexity index is 348. The number of ether oxygens (including phenoxy) is 2. The van der Waals surface area contributed by atoms with Crippen LogP contribution >= 0.6 is 0 Å². The van der Waals surface area contributed by atoms with Gasteiger partial charge < -0.3 is 14.8 Å². The quantitative estimate of drug-likeness (QED) is 0.803. The molecule has 1 fully saturated rings. The molecule has 1 amide bonds. The van der Waals surface area contributed by atoms with E-state index < -0.39 is 11.5 Å². The molecule has 0 radical (unpaired) electrons. The van der Waals surface area contributed by atoms with Gasteiger partial charge in [-0.05, 0) is 26.2 Å². The Hall–Kier alpha value is -1.10. The molecule has 0 aromatic rings. The van der Waals surface area contributed by atoms with Crippen molar-refractivity contribution in [1.82, 2.24) is 5.32 Å². The molecule has 0 spiro atoms. The average Bonchev–Trinajstić information content (AvgIpc) is 2.37. The molecule has 1 N–H and O–H groups in total. The van der Waals surface area contributed by atoms with Crippen molar-refractivity contribution >= 4 is 11.9 Å². The van der Waals surface area contributed by atoms with Crippen LogP contribution < -0.4 is 5.32 Å². The summed E-state index contributed by atoms with van der Waals surface area (Å²) in [5.41, 5.74) is -0.513. The van der Waals surface area contributed by atoms with Crippen molar-refractivity contribution in [1.29, 1.82) is 0 Å². The van der Waals surface area contributed by atoms with Gasteiger partial charge in [-0.1, -0.05) is 20.8 Å². The number of amides is 1. The first-order chi connectivity index (χ1) is 9.24. The van der Waals surface area contributed by atoms with Crippen LogP contribution in [0, 0.1) is 5.41 Å². The fourth-order valence-corrected chi connectivity index (χ4v) is 2.16. The van der Waals surface area contributed by atoms with Gasteiger partial charge in [0.1, 0.15) is 12.1 Å². The molecule has 1 saturated carbocycles. The van der Waals surface area contributed by atoms with E-state index in [-0.39, 0.29) is 24.1 Å². The van der Waals surface area contributed by atoms with Gasteiger partial charge >= 0.3 is 5.97 Å². The highest BCUT2D eigenvalue weighted by Crippen LogP contribution is 2.23. The van der Waals surface area contributed by atoms with E-state index in [1.807, 2.05) is 20.8 Å². The number of methoxy groups -OCH3 is 1. The number of rotatable bonds is 4. The van der Waals surface area contributed by atoms with Gasteiger partial charge in [-0.15, -0.1) is 0 Å². The molecule has 1 aliphatic rings. The van der Waals surface area contributed by atoms with E-state index in [4.69, 9.17) is 9.47 Å². The number of nitrogens with one attached hydrogen (secondary N) is 1. The molecule has 1 aliphatic carbocycles. The minimum Gasteiger partial charge on any atom is -0.461 e. The molecule has 0 aliphatic heterocycles. The van der Waals surface area contributed by atoms with Crippen LogP contribution in [0.2, 0.25) is 0 Å². The van der Waals surface area contributed by atoms with E-state index in [0.29, 0.717) is 0 Å². The van der Waals surface area contributed by atoms with Gasteiger partial charge in [0.05, 0.1) is 6.10 Å². The molecule has 0 unspecified atom stereocenters. The lowest BCUT2D eigenvalue weighted by Gasteiger charge is -2.29. The zero-order chi connectivity index (χ0) is 15.3. The average molecular weight is 285 g/mol. The molecule has 5 nitrogen and oxygen atoms in total. The van der Waals surface area contributed by atoms with Gasteiger partial charge in [0.2, 0.25) is 5.91 Å². The van der Waals surface area contributed by atoms with Crippen LogP contribution in [-0.2, 0) is 19.1 Å². The van der Waals surface area contributed by atoms with E-state index in [2.05, 4.69) is 5.32 Å². The number of hydrogen-bond donors (Lipinski definition) is 1. The minimum absolute atomic E-state index is 0.102. The summed E-state index contributed by atoms with van der Waals surface area (Å²) in [6, 6.07) is -0.621. The number of carbonyl (C=O) groups excluding carboxylic acids is 2. The second kappa shape index (κ2) is 7.07. The standard InChI is InChI=1S/C15H27NO4/c1-10(16-14(18)15(2,3)4)13(17)20-12-8-6-7-11(9-12)19-5/h10-12H,6-9H2,1-5H3,(H,16,18)/t10-,11-,12+/m1/s1. The maximum atomic E-state index is 12.0. The highest BCUT2D eigenvalue weighted by molar-refractivity contribution is 5.87. The van der Waals surface area contributed by atoms with Crippen molar-refractivity contribution in [2.24, 2.45) is 5.41 Å². The summed E-state index contributed by atoms with van der Waals surface area (Å²) in [4.78, 5) is 23.8. The van der Waals surface area contributed by atoms with Gasteiger partial charge in [-0.3, -0.25) is 4.79 Å². The third-order valence-corrected chi connectivity index (χ3v) is 3.58. The van der Waals surface area contributed by atoms with Crippen LogP contribution in [0.1, 0.15) is 53.4 Å². The zero-order valence-corrected chi connectivity index (χ0v) is 13.2. The summed E-state index contributed by atoms with van der Waals surface area (Å²) in [6.07, 6.45) is 3.68. The lowest BCUT2D eigenvalue weighted by Crippen LogP contribution is -2.46. The largest absolute Gasteiger partial charge is 0.461 e. The highest BCUT2D eigenvalue weighted by Gasteiger charge is 2.29. The molecule has 1 rings (SSSR count). The van der Waals surface area contributed by atoms with Gasteiger partial charge in [0.15, 0.2) is 0 Å². The Morgan fingerprint density at radius 2 is 1.80 bits per heavy atom. The Kier molecular flexibility index (Phi) is 5.99. The van der Waals surface area contributed by atoms with Crippen LogP contribution in [0.25, 0.3) is 0 Å². The summed E-state index contributed by atoms with van der Waals surface area (Å²) in [7, 11) is 1.68. The molecule has 0 bridgehead atoms. The third kappa shape index (κ3) is 5.12. The first-order valence-electron chi connectivity index (χ1n) is 7.28. The summed E-state index contributed by atoms with van der Waals surface area (Å²) in [6.45, 7) is 7.09. The second-order valence-electron chi connectivity index (χ2n) is 6.53. The molecular weight excluding hydrogens is 258 g/mol. The minimum atomic E-state index is -0.621. The maximum Gasteiger partial charge on any atom is 0.328 e. The molecule has 5 heteroatoms. The van der Waals surface area contributed by atoms with Crippen molar-refractivity contribution in [3.05, 3.63) is 0 Å². The molecule has 0 aromatic carbocycles. The lowest BCUT2D eigenvalue weighted by molar-refractivity contribution is -0.156. The summed E-state index contributed by atoms with van der Waals surface area (Å²) in [5.74, 6) is -0.523. The van der Waals surface area contributed by atoms with Crippen molar-refractivity contribution in [3.63, 3.8) is 0 Å². The molecule has 116 valence electrons. The summed E-state index contributed by atoms with van der Waals surface area (Å²) >= 11 is 0. The van der Waals surface area contributed by atoms with Crippen molar-refractivity contribution in [2.75, 3.05) is 7.11 Å². The molecule has 20 heavy (non-hydrogen) atoms. The van der Waals surface area contributed by atoms with Crippen LogP contribution in [0.3, 0.4) is 0 Å². The summed E-state index contributed by atoms with van der Waals surface area (Å²) in [5, 5.41) is 2.69. The summed E-state index contributed by atoms with van der Waals surface area (Å²) < 4.78 is 10.8. The maximum absolute atomic E-state index is 12.0. The van der Waals surface area contributed by atoms with Crippen LogP contribution in [0.15, 0.2) is 0 Å². The van der Waals surface area contributed by atoms with Gasteiger partial charge in [0, 0.05) is 18.9 Å². The van der Waals surface area contributed by atoms with E-state index in [1.165, 1.54) is 0 Å². The first kappa shape index (κ1) is 17.0. The fourth-order valence-electron chi connectivity index (χ4n) is 2.16. The molecule has 3 atom stereocenters. The number of hydrogen-bond acceptors (Lipinski definition) is 4. The van der Waals surface area contributed by atoms with E-state index in [9.17, 15) is 9.59 Å². The number of esters is 1. The van der Waals surface area contributed by atoms with Crippen molar-refractivity contribution < 1.29 is 19.1 Å². The van der Waals surface area contributed by atoms with Gasteiger partial charge in [-0.2, -0.15) is 0 Å². The SMILES string of the molecule is CO[C@@H]1CCC[C@H](OC(=O)[C@@H](C)NC(=O)C(C)(C)C)C1. The Morgan fingerprint density at radius 3 is 2.35 bits per heavy atom. The second-order valence-corrected chi connectivity index (χ2v) is 6.53. The molecule has 0 aromatic heterocycles. The Balaban J connectivity index is 2.43. The normalized spacial score (nSPS) is 24.9. The van der Waals surface area contributed by atoms with Gasteiger partial charge in [-0.25, -0.2) is 4.79 Å². The van der Waals surface area contributed by atoms with Crippen LogP contribution in [0.4, 0.5) is 0 Å². The van der Waals surface area contributed by atoms with Crippen molar-refractivity contribution in [3.8, 4) is 0 Å². The number of carbonyl (C=O) groups is 2. The smallest absolute Gasteiger partial charge is 0.328 e. The Labute approximate surface area is 121 Å². The lowest BCUT2D eigenvalue weighted by atomic mass is 9.94. The molecular formula is C15H27NO4. The predicted molar refractivity (Wildman–Crippen MR) is 76.2 cm³/mol. The monoisotopic (exact) mass is 285 g/mol. The Morgan fingerprint density at radius 1 is 1.20 bits per heavy atom. The van der Waals surface area contributed by atoms with Crippen LogP contribution in [-0.4, -0.2) is 37.2 Å². The van der Waals surface area contributed by atoms with E-state index in [0.717, 1.165) is 25.7 Å². The highest BCUT2D eigenvalue weighted by atomic mass is 16.5.